The molecule has 0 radical (unpaired) electrons. The standard InChI is InChI=1S/C29H36N6O2/c1-5-32(3)27-25-20-35(28(36)22-8-12-24(37-4)13-9-22)15-14-26(25)30-29(31-27)34-18-16-33(17-19-34)23-10-6-21(2)7-11-23/h6-13H,5,14-20H2,1-4H3. The van der Waals surface area contributed by atoms with Gasteiger partial charge in [0.15, 0.2) is 0 Å². The van der Waals surface area contributed by atoms with E-state index in [-0.39, 0.29) is 5.91 Å². The number of amides is 1. The highest BCUT2D eigenvalue weighted by molar-refractivity contribution is 5.94. The summed E-state index contributed by atoms with van der Waals surface area (Å²) in [6.07, 6.45) is 0.723. The second-order valence-corrected chi connectivity index (χ2v) is 9.80. The Labute approximate surface area is 219 Å². The Balaban J connectivity index is 1.34. The van der Waals surface area contributed by atoms with Crippen molar-refractivity contribution in [2.45, 2.75) is 26.8 Å². The number of rotatable bonds is 6. The molecular weight excluding hydrogens is 464 g/mol. The van der Waals surface area contributed by atoms with Crippen LogP contribution in [0.2, 0.25) is 0 Å². The van der Waals surface area contributed by atoms with Crippen LogP contribution >= 0.6 is 0 Å². The van der Waals surface area contributed by atoms with E-state index in [1.165, 1.54) is 11.3 Å². The van der Waals surface area contributed by atoms with E-state index >= 15 is 0 Å². The molecule has 0 aliphatic carbocycles. The SMILES string of the molecule is CCN(C)c1nc(N2CCN(c3ccc(C)cc3)CC2)nc2c1CN(C(=O)c1ccc(OC)cc1)CC2. The predicted octanol–water partition coefficient (Wildman–Crippen LogP) is 3.77. The number of fused-ring (bicyclic) bond motifs is 1. The molecule has 3 heterocycles. The monoisotopic (exact) mass is 500 g/mol. The maximum absolute atomic E-state index is 13.3. The number of aryl methyl sites for hydroxylation is 1. The second-order valence-electron chi connectivity index (χ2n) is 9.80. The first-order valence-corrected chi connectivity index (χ1v) is 13.1. The van der Waals surface area contributed by atoms with Crippen LogP contribution < -0.4 is 19.4 Å². The number of hydrogen-bond acceptors (Lipinski definition) is 7. The van der Waals surface area contributed by atoms with Gasteiger partial charge in [0, 0.05) is 69.6 Å². The first-order chi connectivity index (χ1) is 18.0. The van der Waals surface area contributed by atoms with Crippen molar-refractivity contribution in [3.8, 4) is 5.75 Å². The van der Waals surface area contributed by atoms with Gasteiger partial charge in [0.05, 0.1) is 19.3 Å². The third kappa shape index (κ3) is 5.19. The minimum atomic E-state index is 0.0229. The van der Waals surface area contributed by atoms with Crippen molar-refractivity contribution in [1.82, 2.24) is 14.9 Å². The van der Waals surface area contributed by atoms with Gasteiger partial charge in [-0.1, -0.05) is 17.7 Å². The number of benzene rings is 2. The zero-order chi connectivity index (χ0) is 25.9. The highest BCUT2D eigenvalue weighted by atomic mass is 16.5. The molecule has 1 aromatic heterocycles. The lowest BCUT2D eigenvalue weighted by Crippen LogP contribution is -2.47. The lowest BCUT2D eigenvalue weighted by Gasteiger charge is -2.37. The Morgan fingerprint density at radius 1 is 0.946 bits per heavy atom. The molecule has 2 aromatic carbocycles. The van der Waals surface area contributed by atoms with E-state index in [1.54, 1.807) is 7.11 Å². The first kappa shape index (κ1) is 24.9. The number of carbonyl (C=O) groups excluding carboxylic acids is 1. The quantitative estimate of drug-likeness (QED) is 0.510. The van der Waals surface area contributed by atoms with Crippen LogP contribution in [0.4, 0.5) is 17.5 Å². The Hall–Kier alpha value is -3.81. The normalized spacial score (nSPS) is 15.4. The van der Waals surface area contributed by atoms with Gasteiger partial charge in [-0.05, 0) is 50.2 Å². The van der Waals surface area contributed by atoms with Gasteiger partial charge in [-0.15, -0.1) is 0 Å². The molecule has 0 saturated carbocycles. The third-order valence-corrected chi connectivity index (χ3v) is 7.45. The van der Waals surface area contributed by atoms with Crippen molar-refractivity contribution in [1.29, 1.82) is 0 Å². The molecule has 0 bridgehead atoms. The van der Waals surface area contributed by atoms with Crippen molar-refractivity contribution >= 4 is 23.4 Å². The van der Waals surface area contributed by atoms with E-state index in [4.69, 9.17) is 14.7 Å². The number of hydrogen-bond donors (Lipinski definition) is 0. The maximum atomic E-state index is 13.3. The van der Waals surface area contributed by atoms with E-state index in [2.05, 4.69) is 59.9 Å². The van der Waals surface area contributed by atoms with Crippen molar-refractivity contribution in [3.05, 3.63) is 70.9 Å². The zero-order valence-corrected chi connectivity index (χ0v) is 22.3. The first-order valence-electron chi connectivity index (χ1n) is 13.1. The number of anilines is 3. The van der Waals surface area contributed by atoms with Gasteiger partial charge < -0.3 is 24.3 Å². The van der Waals surface area contributed by atoms with E-state index in [0.717, 1.165) is 67.9 Å². The number of piperazine rings is 1. The molecule has 1 amide bonds. The Morgan fingerprint density at radius 2 is 1.62 bits per heavy atom. The number of nitrogens with zero attached hydrogens (tertiary/aromatic N) is 6. The van der Waals surface area contributed by atoms with Crippen LogP contribution in [0.5, 0.6) is 5.75 Å². The van der Waals surface area contributed by atoms with E-state index in [0.29, 0.717) is 18.7 Å². The molecule has 1 saturated heterocycles. The fourth-order valence-corrected chi connectivity index (χ4v) is 5.00. The Bertz CT molecular complexity index is 1240. The molecule has 2 aliphatic heterocycles. The molecule has 1 fully saturated rings. The lowest BCUT2D eigenvalue weighted by atomic mass is 10.0. The van der Waals surface area contributed by atoms with Gasteiger partial charge in [-0.3, -0.25) is 4.79 Å². The molecule has 194 valence electrons. The molecule has 3 aromatic rings. The molecule has 8 nitrogen and oxygen atoms in total. The van der Waals surface area contributed by atoms with Crippen LogP contribution in [0.15, 0.2) is 48.5 Å². The zero-order valence-electron chi connectivity index (χ0n) is 22.3. The Kier molecular flexibility index (Phi) is 7.17. The fraction of sp³-hybridized carbons (Fsp3) is 0.414. The summed E-state index contributed by atoms with van der Waals surface area (Å²) in [6.45, 7) is 9.86. The molecule has 0 N–H and O–H groups in total. The summed E-state index contributed by atoms with van der Waals surface area (Å²) in [5.74, 6) is 2.49. The number of aromatic nitrogens is 2. The Morgan fingerprint density at radius 3 is 2.27 bits per heavy atom. The van der Waals surface area contributed by atoms with Gasteiger partial charge in [-0.2, -0.15) is 4.98 Å². The van der Waals surface area contributed by atoms with Gasteiger partial charge in [0.1, 0.15) is 11.6 Å². The summed E-state index contributed by atoms with van der Waals surface area (Å²) in [7, 11) is 3.69. The highest BCUT2D eigenvalue weighted by Crippen LogP contribution is 2.30. The van der Waals surface area contributed by atoms with Crippen molar-refractivity contribution in [3.63, 3.8) is 0 Å². The van der Waals surface area contributed by atoms with Crippen LogP contribution in [-0.4, -0.2) is 74.2 Å². The fourth-order valence-electron chi connectivity index (χ4n) is 5.00. The molecule has 2 aliphatic rings. The van der Waals surface area contributed by atoms with Crippen LogP contribution in [0.1, 0.15) is 34.1 Å². The second kappa shape index (κ2) is 10.7. The topological polar surface area (TPSA) is 65.0 Å². The molecule has 0 unspecified atom stereocenters. The summed E-state index contributed by atoms with van der Waals surface area (Å²) in [5.41, 5.74) is 5.32. The lowest BCUT2D eigenvalue weighted by molar-refractivity contribution is 0.0733. The predicted molar refractivity (Wildman–Crippen MR) is 148 cm³/mol. The molecular formula is C29H36N6O2. The molecule has 37 heavy (non-hydrogen) atoms. The average molecular weight is 501 g/mol. The van der Waals surface area contributed by atoms with Gasteiger partial charge >= 0.3 is 0 Å². The van der Waals surface area contributed by atoms with Crippen molar-refractivity contribution < 1.29 is 9.53 Å². The number of carbonyl (C=O) groups is 1. The van der Waals surface area contributed by atoms with Crippen molar-refractivity contribution in [2.75, 3.05) is 68.1 Å². The number of methoxy groups -OCH3 is 1. The average Bonchev–Trinajstić information content (AvgIpc) is 2.96. The summed E-state index contributed by atoms with van der Waals surface area (Å²) < 4.78 is 5.24. The summed E-state index contributed by atoms with van der Waals surface area (Å²) >= 11 is 0. The molecule has 5 rings (SSSR count). The molecule has 0 spiro atoms. The van der Waals surface area contributed by atoms with E-state index in [1.807, 2.05) is 29.2 Å². The largest absolute Gasteiger partial charge is 0.497 e. The van der Waals surface area contributed by atoms with Crippen molar-refractivity contribution in [2.24, 2.45) is 0 Å². The smallest absolute Gasteiger partial charge is 0.254 e. The van der Waals surface area contributed by atoms with Gasteiger partial charge in [-0.25, -0.2) is 4.98 Å². The third-order valence-electron chi connectivity index (χ3n) is 7.45. The van der Waals surface area contributed by atoms with Crippen LogP contribution in [0.25, 0.3) is 0 Å². The number of ether oxygens (including phenoxy) is 1. The van der Waals surface area contributed by atoms with E-state index < -0.39 is 0 Å². The molecule has 0 atom stereocenters. The summed E-state index contributed by atoms with van der Waals surface area (Å²) in [4.78, 5) is 32.1. The summed E-state index contributed by atoms with van der Waals surface area (Å²) in [5, 5.41) is 0. The van der Waals surface area contributed by atoms with Gasteiger partial charge in [0.25, 0.3) is 5.91 Å². The maximum Gasteiger partial charge on any atom is 0.254 e. The minimum absolute atomic E-state index is 0.0229. The van der Waals surface area contributed by atoms with Crippen LogP contribution in [-0.2, 0) is 13.0 Å². The van der Waals surface area contributed by atoms with Crippen LogP contribution in [0.3, 0.4) is 0 Å². The summed E-state index contributed by atoms with van der Waals surface area (Å²) in [6, 6.07) is 16.1. The van der Waals surface area contributed by atoms with Crippen LogP contribution in [0, 0.1) is 6.92 Å². The van der Waals surface area contributed by atoms with E-state index in [9.17, 15) is 4.79 Å². The van der Waals surface area contributed by atoms with Gasteiger partial charge in [0.2, 0.25) is 5.95 Å². The molecule has 8 heteroatoms. The minimum Gasteiger partial charge on any atom is -0.497 e. The highest BCUT2D eigenvalue weighted by Gasteiger charge is 2.29.